The van der Waals surface area contributed by atoms with Crippen molar-refractivity contribution in [2.45, 2.75) is 38.6 Å². The number of halogens is 1. The molecule has 0 aromatic heterocycles. The molecule has 2 rings (SSSR count). The van der Waals surface area contributed by atoms with Gasteiger partial charge in [0.05, 0.1) is 0 Å². The molecule has 1 aliphatic heterocycles. The van der Waals surface area contributed by atoms with Gasteiger partial charge in [0.2, 0.25) is 0 Å². The van der Waals surface area contributed by atoms with Gasteiger partial charge in [-0.05, 0) is 49.6 Å². The van der Waals surface area contributed by atoms with Gasteiger partial charge in [0.15, 0.2) is 0 Å². The van der Waals surface area contributed by atoms with E-state index in [1.54, 1.807) is 0 Å². The van der Waals surface area contributed by atoms with Crippen LogP contribution in [0.5, 0.6) is 0 Å². The Morgan fingerprint density at radius 2 is 2.29 bits per heavy atom. The van der Waals surface area contributed by atoms with E-state index in [1.807, 2.05) is 0 Å². The van der Waals surface area contributed by atoms with Crippen molar-refractivity contribution in [2.24, 2.45) is 0 Å². The van der Waals surface area contributed by atoms with E-state index in [0.717, 1.165) is 17.4 Å². The van der Waals surface area contributed by atoms with Crippen LogP contribution in [-0.2, 0) is 6.42 Å². The molecule has 0 radical (unpaired) electrons. The highest BCUT2D eigenvalue weighted by Crippen LogP contribution is 2.21. The third-order valence-electron chi connectivity index (χ3n) is 3.40. The minimum absolute atomic E-state index is 0.636. The summed E-state index contributed by atoms with van der Waals surface area (Å²) in [5.74, 6) is 0. The lowest BCUT2D eigenvalue weighted by Gasteiger charge is -2.24. The van der Waals surface area contributed by atoms with Gasteiger partial charge in [-0.15, -0.1) is 0 Å². The van der Waals surface area contributed by atoms with Crippen molar-refractivity contribution in [1.82, 2.24) is 5.32 Å². The van der Waals surface area contributed by atoms with E-state index in [1.165, 1.54) is 37.1 Å². The first kappa shape index (κ1) is 12.9. The van der Waals surface area contributed by atoms with Crippen LogP contribution in [-0.4, -0.2) is 19.1 Å². The normalized spacial score (nSPS) is 20.2. The van der Waals surface area contributed by atoms with Crippen LogP contribution in [0.2, 0.25) is 0 Å². The number of nitrogens with one attached hydrogen (secondary N) is 2. The Morgan fingerprint density at radius 3 is 3.00 bits per heavy atom. The molecule has 94 valence electrons. The van der Waals surface area contributed by atoms with Gasteiger partial charge in [0, 0.05) is 22.7 Å². The molecule has 2 N–H and O–H groups in total. The number of benzene rings is 1. The van der Waals surface area contributed by atoms with Gasteiger partial charge in [0.25, 0.3) is 0 Å². The summed E-state index contributed by atoms with van der Waals surface area (Å²) >= 11 is 3.52. The monoisotopic (exact) mass is 296 g/mol. The number of piperidine rings is 1. The second kappa shape index (κ2) is 6.41. The Morgan fingerprint density at radius 1 is 1.41 bits per heavy atom. The largest absolute Gasteiger partial charge is 0.383 e. The topological polar surface area (TPSA) is 24.1 Å². The van der Waals surface area contributed by atoms with Gasteiger partial charge < -0.3 is 10.6 Å². The molecule has 1 aromatic carbocycles. The molecule has 0 spiro atoms. The lowest BCUT2D eigenvalue weighted by atomic mass is 10.0. The first-order chi connectivity index (χ1) is 8.29. The highest BCUT2D eigenvalue weighted by atomic mass is 79.9. The van der Waals surface area contributed by atoms with Crippen molar-refractivity contribution < 1.29 is 0 Å². The van der Waals surface area contributed by atoms with Crippen LogP contribution < -0.4 is 10.6 Å². The third-order valence-corrected chi connectivity index (χ3v) is 3.89. The molecule has 17 heavy (non-hydrogen) atoms. The molecule has 1 unspecified atom stereocenters. The number of aryl methyl sites for hydroxylation is 1. The molecule has 1 aliphatic rings. The third kappa shape index (κ3) is 3.71. The summed E-state index contributed by atoms with van der Waals surface area (Å²) in [7, 11) is 0. The van der Waals surface area contributed by atoms with Crippen molar-refractivity contribution in [3.63, 3.8) is 0 Å². The molecule has 1 fully saturated rings. The molecule has 2 nitrogen and oxygen atoms in total. The second-order valence-corrected chi connectivity index (χ2v) is 5.60. The zero-order valence-electron chi connectivity index (χ0n) is 10.4. The van der Waals surface area contributed by atoms with E-state index < -0.39 is 0 Å². The Bertz CT molecular complexity index is 359. The van der Waals surface area contributed by atoms with Gasteiger partial charge in [-0.2, -0.15) is 0 Å². The lowest BCUT2D eigenvalue weighted by Crippen LogP contribution is -2.39. The maximum Gasteiger partial charge on any atom is 0.0373 e. The SMILES string of the molecule is CCc1cc(Br)ccc1NCC1CCCCN1. The molecule has 1 aromatic rings. The number of rotatable bonds is 4. The first-order valence-corrected chi connectivity index (χ1v) is 7.34. The highest BCUT2D eigenvalue weighted by Gasteiger charge is 2.12. The second-order valence-electron chi connectivity index (χ2n) is 4.68. The summed E-state index contributed by atoms with van der Waals surface area (Å²) in [6, 6.07) is 7.12. The average Bonchev–Trinajstić information content (AvgIpc) is 2.38. The fourth-order valence-electron chi connectivity index (χ4n) is 2.36. The van der Waals surface area contributed by atoms with E-state index in [2.05, 4.69) is 51.7 Å². The molecule has 0 saturated carbocycles. The van der Waals surface area contributed by atoms with Gasteiger partial charge >= 0.3 is 0 Å². The molecular formula is C14H21BrN2. The molecule has 1 saturated heterocycles. The van der Waals surface area contributed by atoms with Crippen molar-refractivity contribution in [1.29, 1.82) is 0 Å². The van der Waals surface area contributed by atoms with Crippen LogP contribution in [0.25, 0.3) is 0 Å². The molecule has 0 amide bonds. The Kier molecular flexibility index (Phi) is 4.86. The fraction of sp³-hybridized carbons (Fsp3) is 0.571. The minimum Gasteiger partial charge on any atom is -0.383 e. The molecular weight excluding hydrogens is 276 g/mol. The van der Waals surface area contributed by atoms with Crippen molar-refractivity contribution in [3.8, 4) is 0 Å². The van der Waals surface area contributed by atoms with Crippen LogP contribution >= 0.6 is 15.9 Å². The molecule has 1 heterocycles. The van der Waals surface area contributed by atoms with Crippen LogP contribution in [0.4, 0.5) is 5.69 Å². The van der Waals surface area contributed by atoms with Crippen LogP contribution in [0.15, 0.2) is 22.7 Å². The summed E-state index contributed by atoms with van der Waals surface area (Å²) in [6.45, 7) is 4.41. The van der Waals surface area contributed by atoms with Gasteiger partial charge in [-0.25, -0.2) is 0 Å². The van der Waals surface area contributed by atoms with Crippen molar-refractivity contribution in [2.75, 3.05) is 18.4 Å². The summed E-state index contributed by atoms with van der Waals surface area (Å²) in [4.78, 5) is 0. The molecule has 3 heteroatoms. The predicted molar refractivity (Wildman–Crippen MR) is 77.7 cm³/mol. The van der Waals surface area contributed by atoms with Crippen LogP contribution in [0.3, 0.4) is 0 Å². The molecule has 0 bridgehead atoms. The molecule has 1 atom stereocenters. The van der Waals surface area contributed by atoms with E-state index in [0.29, 0.717) is 6.04 Å². The number of hydrogen-bond acceptors (Lipinski definition) is 2. The van der Waals surface area contributed by atoms with Crippen LogP contribution in [0, 0.1) is 0 Å². The predicted octanol–water partition coefficient (Wildman–Crippen LogP) is 3.57. The zero-order chi connectivity index (χ0) is 12.1. The summed E-state index contributed by atoms with van der Waals surface area (Å²) in [5, 5.41) is 7.14. The quantitative estimate of drug-likeness (QED) is 0.888. The summed E-state index contributed by atoms with van der Waals surface area (Å²) < 4.78 is 1.16. The van der Waals surface area contributed by atoms with E-state index in [-0.39, 0.29) is 0 Å². The number of hydrogen-bond donors (Lipinski definition) is 2. The Labute approximate surface area is 112 Å². The summed E-state index contributed by atoms with van der Waals surface area (Å²) in [6.07, 6.45) is 5.06. The van der Waals surface area contributed by atoms with E-state index in [9.17, 15) is 0 Å². The first-order valence-electron chi connectivity index (χ1n) is 6.55. The molecule has 0 aliphatic carbocycles. The maximum absolute atomic E-state index is 3.58. The Hall–Kier alpha value is -0.540. The van der Waals surface area contributed by atoms with Gasteiger partial charge in [-0.3, -0.25) is 0 Å². The van der Waals surface area contributed by atoms with E-state index >= 15 is 0 Å². The lowest BCUT2D eigenvalue weighted by molar-refractivity contribution is 0.414. The minimum atomic E-state index is 0.636. The van der Waals surface area contributed by atoms with E-state index in [4.69, 9.17) is 0 Å². The van der Waals surface area contributed by atoms with Gasteiger partial charge in [0.1, 0.15) is 0 Å². The zero-order valence-corrected chi connectivity index (χ0v) is 12.0. The van der Waals surface area contributed by atoms with Crippen molar-refractivity contribution in [3.05, 3.63) is 28.2 Å². The fourth-order valence-corrected chi connectivity index (χ4v) is 2.77. The van der Waals surface area contributed by atoms with Gasteiger partial charge in [-0.1, -0.05) is 29.3 Å². The van der Waals surface area contributed by atoms with Crippen LogP contribution in [0.1, 0.15) is 31.7 Å². The Balaban J connectivity index is 1.93. The maximum atomic E-state index is 3.58. The average molecular weight is 297 g/mol. The number of anilines is 1. The highest BCUT2D eigenvalue weighted by molar-refractivity contribution is 9.10. The standard InChI is InChI=1S/C14H21BrN2/c1-2-11-9-12(15)6-7-14(11)17-10-13-5-3-4-8-16-13/h6-7,9,13,16-17H,2-5,8,10H2,1H3. The summed E-state index contributed by atoms with van der Waals surface area (Å²) in [5.41, 5.74) is 2.67. The smallest absolute Gasteiger partial charge is 0.0373 e. The van der Waals surface area contributed by atoms with Crippen molar-refractivity contribution >= 4 is 21.6 Å².